The first-order chi connectivity index (χ1) is 5.63. The lowest BCUT2D eigenvalue weighted by Gasteiger charge is -2.33. The first kappa shape index (κ1) is 8.72. The van der Waals surface area contributed by atoms with E-state index in [1.807, 2.05) is 0 Å². The SMILES string of the molecule is NC1C=C(I)C=CC1(N)C1CC1. The van der Waals surface area contributed by atoms with Gasteiger partial charge in [-0.1, -0.05) is 18.2 Å². The summed E-state index contributed by atoms with van der Waals surface area (Å²) in [6.45, 7) is 0. The zero-order chi connectivity index (χ0) is 8.77. The van der Waals surface area contributed by atoms with Crippen LogP contribution in [-0.2, 0) is 0 Å². The number of hydrogen-bond donors (Lipinski definition) is 2. The van der Waals surface area contributed by atoms with Gasteiger partial charge in [-0.3, -0.25) is 0 Å². The van der Waals surface area contributed by atoms with Gasteiger partial charge in [0.1, 0.15) is 0 Å². The van der Waals surface area contributed by atoms with E-state index in [0.29, 0.717) is 5.92 Å². The molecule has 0 aliphatic heterocycles. The fraction of sp³-hybridized carbons (Fsp3) is 0.556. The van der Waals surface area contributed by atoms with Crippen molar-refractivity contribution in [1.29, 1.82) is 0 Å². The Bertz CT molecular complexity index is 255. The van der Waals surface area contributed by atoms with Gasteiger partial charge < -0.3 is 11.5 Å². The average Bonchev–Trinajstić information content (AvgIpc) is 2.80. The van der Waals surface area contributed by atoms with Crippen LogP contribution in [-0.4, -0.2) is 11.6 Å². The number of nitrogens with two attached hydrogens (primary N) is 2. The van der Waals surface area contributed by atoms with Gasteiger partial charge in [0, 0.05) is 9.62 Å². The summed E-state index contributed by atoms with van der Waals surface area (Å²) in [5, 5.41) is 0. The van der Waals surface area contributed by atoms with Crippen molar-refractivity contribution in [3.05, 3.63) is 21.8 Å². The molecule has 3 heteroatoms. The third-order valence-corrected chi connectivity index (χ3v) is 3.45. The van der Waals surface area contributed by atoms with Crippen LogP contribution in [0.5, 0.6) is 0 Å². The number of halogens is 1. The Morgan fingerprint density at radius 1 is 1.50 bits per heavy atom. The second kappa shape index (κ2) is 2.82. The average molecular weight is 276 g/mol. The Morgan fingerprint density at radius 3 is 2.67 bits per heavy atom. The zero-order valence-electron chi connectivity index (χ0n) is 6.83. The summed E-state index contributed by atoms with van der Waals surface area (Å²) in [4.78, 5) is 0. The van der Waals surface area contributed by atoms with E-state index < -0.39 is 0 Å². The molecule has 2 aliphatic carbocycles. The summed E-state index contributed by atoms with van der Waals surface area (Å²) in [7, 11) is 0. The van der Waals surface area contributed by atoms with E-state index in [0.717, 1.165) is 0 Å². The highest BCUT2D eigenvalue weighted by molar-refractivity contribution is 14.1. The third kappa shape index (κ3) is 1.34. The maximum atomic E-state index is 6.21. The van der Waals surface area contributed by atoms with Crippen LogP contribution in [0, 0.1) is 5.92 Å². The third-order valence-electron chi connectivity index (χ3n) is 2.73. The zero-order valence-corrected chi connectivity index (χ0v) is 8.99. The molecule has 0 bridgehead atoms. The normalized spacial score (nSPS) is 41.2. The maximum Gasteiger partial charge on any atom is 0.0561 e. The molecule has 1 saturated carbocycles. The van der Waals surface area contributed by atoms with Gasteiger partial charge in [0.25, 0.3) is 0 Å². The molecular weight excluding hydrogens is 263 g/mol. The Kier molecular flexibility index (Phi) is 2.05. The molecule has 2 aliphatic rings. The van der Waals surface area contributed by atoms with Gasteiger partial charge in [-0.25, -0.2) is 0 Å². The van der Waals surface area contributed by atoms with Crippen LogP contribution in [0.1, 0.15) is 12.8 Å². The van der Waals surface area contributed by atoms with E-state index >= 15 is 0 Å². The molecule has 0 amide bonds. The lowest BCUT2D eigenvalue weighted by molar-refractivity contribution is 0.414. The van der Waals surface area contributed by atoms with Gasteiger partial charge in [0.15, 0.2) is 0 Å². The summed E-state index contributed by atoms with van der Waals surface area (Å²) in [6, 6.07) is 0.00176. The molecule has 2 nitrogen and oxygen atoms in total. The number of allylic oxidation sites excluding steroid dienone is 2. The van der Waals surface area contributed by atoms with Crippen molar-refractivity contribution in [1.82, 2.24) is 0 Å². The van der Waals surface area contributed by atoms with E-state index in [4.69, 9.17) is 11.5 Å². The Morgan fingerprint density at radius 2 is 2.17 bits per heavy atom. The standard InChI is InChI=1S/C9H13IN2/c10-7-3-4-9(12,6-1-2-6)8(11)5-7/h3-6,8H,1-2,11-12H2. The Labute approximate surface area is 86.2 Å². The molecule has 4 N–H and O–H groups in total. The molecule has 66 valence electrons. The van der Waals surface area contributed by atoms with E-state index in [1.165, 1.54) is 16.4 Å². The fourth-order valence-corrected chi connectivity index (χ4v) is 2.27. The molecule has 0 heterocycles. The highest BCUT2D eigenvalue weighted by Gasteiger charge is 2.44. The summed E-state index contributed by atoms with van der Waals surface area (Å²) < 4.78 is 1.20. The Balaban J connectivity index is 2.23. The van der Waals surface area contributed by atoms with Crippen LogP contribution in [0.2, 0.25) is 0 Å². The molecule has 12 heavy (non-hydrogen) atoms. The molecule has 0 spiro atoms. The Hall–Kier alpha value is 0.130. The minimum Gasteiger partial charge on any atom is -0.323 e. The van der Waals surface area contributed by atoms with Crippen LogP contribution >= 0.6 is 22.6 Å². The molecule has 0 saturated heterocycles. The van der Waals surface area contributed by atoms with Crippen molar-refractivity contribution in [2.75, 3.05) is 0 Å². The van der Waals surface area contributed by atoms with Crippen molar-refractivity contribution in [2.24, 2.45) is 17.4 Å². The van der Waals surface area contributed by atoms with E-state index in [1.54, 1.807) is 0 Å². The van der Waals surface area contributed by atoms with E-state index in [-0.39, 0.29) is 11.6 Å². The minimum absolute atomic E-state index is 0.00176. The van der Waals surface area contributed by atoms with Gasteiger partial charge in [0.05, 0.1) is 5.54 Å². The van der Waals surface area contributed by atoms with Crippen molar-refractivity contribution >= 4 is 22.6 Å². The van der Waals surface area contributed by atoms with Gasteiger partial charge in [0.2, 0.25) is 0 Å². The van der Waals surface area contributed by atoms with Crippen molar-refractivity contribution in [3.63, 3.8) is 0 Å². The fourth-order valence-electron chi connectivity index (χ4n) is 1.70. The molecule has 0 radical (unpaired) electrons. The van der Waals surface area contributed by atoms with Gasteiger partial charge in [-0.2, -0.15) is 0 Å². The second-order valence-electron chi connectivity index (χ2n) is 3.68. The lowest BCUT2D eigenvalue weighted by atomic mass is 9.83. The molecule has 1 fully saturated rings. The van der Waals surface area contributed by atoms with Crippen LogP contribution in [0.15, 0.2) is 21.8 Å². The summed E-state index contributed by atoms with van der Waals surface area (Å²) in [6.07, 6.45) is 8.68. The van der Waals surface area contributed by atoms with Gasteiger partial charge in [-0.15, -0.1) is 0 Å². The molecule has 0 aromatic rings. The number of rotatable bonds is 1. The molecule has 0 aromatic carbocycles. The predicted molar refractivity (Wildman–Crippen MR) is 58.9 cm³/mol. The maximum absolute atomic E-state index is 6.21. The van der Waals surface area contributed by atoms with Crippen LogP contribution < -0.4 is 11.5 Å². The van der Waals surface area contributed by atoms with Crippen LogP contribution in [0.4, 0.5) is 0 Å². The smallest absolute Gasteiger partial charge is 0.0561 e. The minimum atomic E-state index is -0.255. The molecular formula is C9H13IN2. The quantitative estimate of drug-likeness (QED) is 0.709. The van der Waals surface area contributed by atoms with Crippen LogP contribution in [0.25, 0.3) is 0 Å². The molecule has 2 unspecified atom stereocenters. The molecule has 0 aromatic heterocycles. The summed E-state index contributed by atoms with van der Waals surface area (Å²) in [5.74, 6) is 0.615. The first-order valence-electron chi connectivity index (χ1n) is 4.24. The van der Waals surface area contributed by atoms with Crippen LogP contribution in [0.3, 0.4) is 0 Å². The lowest BCUT2D eigenvalue weighted by Crippen LogP contribution is -2.55. The summed E-state index contributed by atoms with van der Waals surface area (Å²) in [5.41, 5.74) is 11.9. The predicted octanol–water partition coefficient (Wildman–Crippen LogP) is 1.31. The monoisotopic (exact) mass is 276 g/mol. The second-order valence-corrected chi connectivity index (χ2v) is 4.93. The van der Waals surface area contributed by atoms with Gasteiger partial charge in [-0.05, 0) is 41.4 Å². The van der Waals surface area contributed by atoms with Crippen molar-refractivity contribution in [3.8, 4) is 0 Å². The highest BCUT2D eigenvalue weighted by Crippen LogP contribution is 2.42. The molecule has 2 rings (SSSR count). The van der Waals surface area contributed by atoms with Crippen molar-refractivity contribution in [2.45, 2.75) is 24.4 Å². The van der Waals surface area contributed by atoms with E-state index in [2.05, 4.69) is 40.8 Å². The van der Waals surface area contributed by atoms with Crippen molar-refractivity contribution < 1.29 is 0 Å². The first-order valence-corrected chi connectivity index (χ1v) is 5.32. The summed E-state index contributed by atoms with van der Waals surface area (Å²) >= 11 is 2.27. The largest absolute Gasteiger partial charge is 0.323 e. The van der Waals surface area contributed by atoms with E-state index in [9.17, 15) is 0 Å². The highest BCUT2D eigenvalue weighted by atomic mass is 127. The topological polar surface area (TPSA) is 52.0 Å². The van der Waals surface area contributed by atoms with Gasteiger partial charge >= 0.3 is 0 Å². The number of hydrogen-bond acceptors (Lipinski definition) is 2. The molecule has 2 atom stereocenters.